The fourth-order valence-corrected chi connectivity index (χ4v) is 4.04. The summed E-state index contributed by atoms with van der Waals surface area (Å²) in [7, 11) is 1.91. The number of anilines is 1. The summed E-state index contributed by atoms with van der Waals surface area (Å²) < 4.78 is 18.1. The van der Waals surface area contributed by atoms with E-state index in [0.29, 0.717) is 17.3 Å². The summed E-state index contributed by atoms with van der Waals surface area (Å²) in [4.78, 5) is 17.2. The molecule has 4 aromatic rings. The van der Waals surface area contributed by atoms with Crippen molar-refractivity contribution < 1.29 is 9.18 Å². The van der Waals surface area contributed by atoms with Gasteiger partial charge in [0.1, 0.15) is 11.6 Å². The molecule has 7 heteroatoms. The largest absolute Gasteiger partial charge is 0.311 e. The highest BCUT2D eigenvalue weighted by Gasteiger charge is 2.34. The summed E-state index contributed by atoms with van der Waals surface area (Å²) in [5.41, 5.74) is 3.89. The predicted octanol–water partition coefficient (Wildman–Crippen LogP) is 3.68. The minimum atomic E-state index is -0.381. The summed E-state index contributed by atoms with van der Waals surface area (Å²) in [6.07, 6.45) is 0.184. The molecule has 0 saturated heterocycles. The zero-order chi connectivity index (χ0) is 19.4. The summed E-state index contributed by atoms with van der Waals surface area (Å²) >= 11 is 0. The second-order valence-electron chi connectivity index (χ2n) is 7.05. The molecular formula is C21H18FN5O. The molecule has 140 valence electrons. The predicted molar refractivity (Wildman–Crippen MR) is 104 cm³/mol. The minimum absolute atomic E-state index is 0.166. The summed E-state index contributed by atoms with van der Waals surface area (Å²) in [6.45, 7) is 1.88. The van der Waals surface area contributed by atoms with Crippen LogP contribution in [0, 0.1) is 12.7 Å². The number of aromatic nitrogens is 4. The number of nitrogens with one attached hydrogen (secondary N) is 1. The van der Waals surface area contributed by atoms with Gasteiger partial charge >= 0.3 is 0 Å². The van der Waals surface area contributed by atoms with E-state index in [1.165, 1.54) is 6.07 Å². The Labute approximate surface area is 160 Å². The van der Waals surface area contributed by atoms with Gasteiger partial charge < -0.3 is 9.88 Å². The van der Waals surface area contributed by atoms with Crippen molar-refractivity contribution in [3.05, 3.63) is 71.2 Å². The number of fused-ring (bicyclic) bond motifs is 2. The Morgan fingerprint density at radius 1 is 1.14 bits per heavy atom. The Morgan fingerprint density at radius 3 is 2.68 bits per heavy atom. The molecule has 0 spiro atoms. The van der Waals surface area contributed by atoms with Crippen LogP contribution in [0.2, 0.25) is 0 Å². The normalized spacial score (nSPS) is 16.2. The summed E-state index contributed by atoms with van der Waals surface area (Å²) in [5, 5.41) is 7.58. The summed E-state index contributed by atoms with van der Waals surface area (Å²) in [6, 6.07) is 14.4. The van der Waals surface area contributed by atoms with Crippen molar-refractivity contribution >= 4 is 22.8 Å². The number of halogens is 1. The van der Waals surface area contributed by atoms with E-state index in [-0.39, 0.29) is 24.1 Å². The molecule has 1 atom stereocenters. The lowest BCUT2D eigenvalue weighted by Gasteiger charge is -2.24. The van der Waals surface area contributed by atoms with Gasteiger partial charge in [0.2, 0.25) is 11.9 Å². The first-order valence-corrected chi connectivity index (χ1v) is 9.10. The van der Waals surface area contributed by atoms with Gasteiger partial charge in [0.25, 0.3) is 0 Å². The molecule has 1 aliphatic heterocycles. The van der Waals surface area contributed by atoms with Crippen molar-refractivity contribution in [1.82, 2.24) is 19.3 Å². The van der Waals surface area contributed by atoms with Crippen LogP contribution in [-0.4, -0.2) is 25.2 Å². The quantitative estimate of drug-likeness (QED) is 0.581. The van der Waals surface area contributed by atoms with Crippen molar-refractivity contribution in [2.24, 2.45) is 7.05 Å². The number of rotatable bonds is 2. The molecule has 0 aliphatic carbocycles. The first kappa shape index (κ1) is 16.7. The van der Waals surface area contributed by atoms with Gasteiger partial charge in [-0.25, -0.2) is 9.37 Å². The van der Waals surface area contributed by atoms with Crippen LogP contribution in [0.5, 0.6) is 0 Å². The number of amides is 1. The van der Waals surface area contributed by atoms with Crippen LogP contribution >= 0.6 is 0 Å². The molecule has 2 aromatic carbocycles. The van der Waals surface area contributed by atoms with Crippen LogP contribution in [0.15, 0.2) is 48.5 Å². The maximum atomic E-state index is 14.5. The Hall–Kier alpha value is -3.48. The number of para-hydroxylation sites is 2. The molecule has 2 aromatic heterocycles. The second kappa shape index (κ2) is 6.02. The van der Waals surface area contributed by atoms with Crippen molar-refractivity contribution in [2.45, 2.75) is 19.3 Å². The molecule has 0 bridgehead atoms. The number of hydrogen-bond donors (Lipinski definition) is 1. The van der Waals surface area contributed by atoms with E-state index >= 15 is 0 Å². The smallest absolute Gasteiger partial charge is 0.233 e. The van der Waals surface area contributed by atoms with E-state index in [9.17, 15) is 9.18 Å². The van der Waals surface area contributed by atoms with Crippen molar-refractivity contribution in [2.75, 3.05) is 5.32 Å². The molecular weight excluding hydrogens is 357 g/mol. The maximum absolute atomic E-state index is 14.5. The SMILES string of the molecule is Cc1nn(-c2nc3ccccc3n2C)c2c1C(c1ccccc1F)CC(=O)N2. The van der Waals surface area contributed by atoms with Gasteiger partial charge in [-0.2, -0.15) is 9.78 Å². The molecule has 1 aliphatic rings. The molecule has 1 N–H and O–H groups in total. The lowest BCUT2D eigenvalue weighted by atomic mass is 9.85. The number of benzene rings is 2. The van der Waals surface area contributed by atoms with Gasteiger partial charge in [-0.15, -0.1) is 0 Å². The third-order valence-corrected chi connectivity index (χ3v) is 5.34. The highest BCUT2D eigenvalue weighted by molar-refractivity contribution is 5.95. The van der Waals surface area contributed by atoms with Gasteiger partial charge in [0.05, 0.1) is 16.7 Å². The van der Waals surface area contributed by atoms with Crippen LogP contribution in [0.25, 0.3) is 17.0 Å². The van der Waals surface area contributed by atoms with Gasteiger partial charge in [-0.05, 0) is 30.7 Å². The first-order chi connectivity index (χ1) is 13.5. The zero-order valence-electron chi connectivity index (χ0n) is 15.5. The van der Waals surface area contributed by atoms with E-state index in [4.69, 9.17) is 0 Å². The lowest BCUT2D eigenvalue weighted by Crippen LogP contribution is -2.25. The van der Waals surface area contributed by atoms with Crippen molar-refractivity contribution in [3.63, 3.8) is 0 Å². The second-order valence-corrected chi connectivity index (χ2v) is 7.05. The minimum Gasteiger partial charge on any atom is -0.311 e. The van der Waals surface area contributed by atoms with E-state index in [0.717, 1.165) is 22.3 Å². The zero-order valence-corrected chi connectivity index (χ0v) is 15.5. The van der Waals surface area contributed by atoms with Crippen LogP contribution in [0.4, 0.5) is 10.2 Å². The highest BCUT2D eigenvalue weighted by atomic mass is 19.1. The fourth-order valence-electron chi connectivity index (χ4n) is 4.04. The van der Waals surface area contributed by atoms with E-state index in [2.05, 4.69) is 15.4 Å². The number of hydrogen-bond acceptors (Lipinski definition) is 3. The van der Waals surface area contributed by atoms with Crippen LogP contribution in [0.3, 0.4) is 0 Å². The molecule has 1 unspecified atom stereocenters. The maximum Gasteiger partial charge on any atom is 0.233 e. The standard InChI is InChI=1S/C21H18FN5O/c1-12-19-14(13-7-3-4-8-15(13)22)11-18(28)24-20(19)27(25-12)21-23-16-9-5-6-10-17(16)26(21)2/h3-10,14H,11H2,1-2H3,(H,24,28). The number of carbonyl (C=O) groups is 1. The van der Waals surface area contributed by atoms with Crippen molar-refractivity contribution in [3.8, 4) is 5.95 Å². The van der Waals surface area contributed by atoms with Gasteiger partial charge in [-0.1, -0.05) is 30.3 Å². The average Bonchev–Trinajstić information content (AvgIpc) is 3.19. The number of carbonyl (C=O) groups excluding carboxylic acids is 1. The Balaban J connectivity index is 1.73. The third-order valence-electron chi connectivity index (χ3n) is 5.34. The average molecular weight is 375 g/mol. The number of aryl methyl sites for hydroxylation is 2. The van der Waals surface area contributed by atoms with E-state index < -0.39 is 0 Å². The number of nitrogens with zero attached hydrogens (tertiary/aromatic N) is 4. The molecule has 3 heterocycles. The van der Waals surface area contributed by atoms with E-state index in [1.54, 1.807) is 22.9 Å². The Kier molecular flexibility index (Phi) is 3.58. The topological polar surface area (TPSA) is 64.7 Å². The molecule has 1 amide bonds. The Bertz CT molecular complexity index is 1240. The van der Waals surface area contributed by atoms with Crippen LogP contribution in [-0.2, 0) is 11.8 Å². The molecule has 0 radical (unpaired) electrons. The Morgan fingerprint density at radius 2 is 1.89 bits per heavy atom. The molecule has 0 fully saturated rings. The first-order valence-electron chi connectivity index (χ1n) is 9.10. The molecule has 5 rings (SSSR count). The van der Waals surface area contributed by atoms with Crippen LogP contribution in [0.1, 0.15) is 29.2 Å². The van der Waals surface area contributed by atoms with Crippen LogP contribution < -0.4 is 5.32 Å². The highest BCUT2D eigenvalue weighted by Crippen LogP contribution is 2.41. The number of imidazole rings is 1. The monoisotopic (exact) mass is 375 g/mol. The lowest BCUT2D eigenvalue weighted by molar-refractivity contribution is -0.116. The van der Waals surface area contributed by atoms with Crippen molar-refractivity contribution in [1.29, 1.82) is 0 Å². The van der Waals surface area contributed by atoms with Gasteiger partial charge in [0.15, 0.2) is 0 Å². The molecule has 6 nitrogen and oxygen atoms in total. The van der Waals surface area contributed by atoms with Gasteiger partial charge in [0, 0.05) is 24.9 Å². The summed E-state index contributed by atoms with van der Waals surface area (Å²) in [5.74, 6) is 0.289. The van der Waals surface area contributed by atoms with Gasteiger partial charge in [-0.3, -0.25) is 4.79 Å². The van der Waals surface area contributed by atoms with E-state index in [1.807, 2.05) is 42.8 Å². The fraction of sp³-hybridized carbons (Fsp3) is 0.190. The molecule has 28 heavy (non-hydrogen) atoms. The third kappa shape index (κ3) is 2.36. The molecule has 0 saturated carbocycles.